The lowest BCUT2D eigenvalue weighted by atomic mass is 10.1. The van der Waals surface area contributed by atoms with E-state index >= 15 is 0 Å². The van der Waals surface area contributed by atoms with Gasteiger partial charge in [-0.05, 0) is 25.0 Å². The van der Waals surface area contributed by atoms with E-state index in [0.29, 0.717) is 12.1 Å². The van der Waals surface area contributed by atoms with Gasteiger partial charge >= 0.3 is 0 Å². The van der Waals surface area contributed by atoms with Crippen molar-refractivity contribution in [2.45, 2.75) is 31.9 Å². The molecule has 2 nitrogen and oxygen atoms in total. The number of hydrogen-bond acceptors (Lipinski definition) is 2. The predicted molar refractivity (Wildman–Crippen MR) is 70.4 cm³/mol. The molecule has 2 unspecified atom stereocenters. The second-order valence-corrected chi connectivity index (χ2v) is 5.13. The number of rotatable bonds is 5. The van der Waals surface area contributed by atoms with Crippen LogP contribution in [0.3, 0.4) is 0 Å². The molecule has 0 bridgehead atoms. The Morgan fingerprint density at radius 3 is 3.06 bits per heavy atom. The zero-order valence-electron chi connectivity index (χ0n) is 9.58. The van der Waals surface area contributed by atoms with E-state index in [1.807, 2.05) is 6.07 Å². The Morgan fingerprint density at radius 2 is 2.31 bits per heavy atom. The summed E-state index contributed by atoms with van der Waals surface area (Å²) in [6, 6.07) is 8.86. The van der Waals surface area contributed by atoms with Crippen molar-refractivity contribution < 1.29 is 4.74 Å². The van der Waals surface area contributed by atoms with E-state index in [-0.39, 0.29) is 0 Å². The molecule has 1 N–H and O–H groups in total. The van der Waals surface area contributed by atoms with Gasteiger partial charge in [-0.3, -0.25) is 0 Å². The monoisotopic (exact) mass is 283 g/mol. The van der Waals surface area contributed by atoms with Crippen molar-refractivity contribution in [3.05, 3.63) is 29.8 Å². The molecular weight excluding hydrogens is 266 g/mol. The maximum absolute atomic E-state index is 5.86. The van der Waals surface area contributed by atoms with Crippen LogP contribution in [0.15, 0.2) is 24.3 Å². The second-order valence-electron chi connectivity index (χ2n) is 4.34. The molecule has 1 aliphatic rings. The fourth-order valence-corrected chi connectivity index (χ4v) is 2.65. The van der Waals surface area contributed by atoms with E-state index in [0.717, 1.165) is 30.5 Å². The van der Waals surface area contributed by atoms with Gasteiger partial charge < -0.3 is 10.1 Å². The van der Waals surface area contributed by atoms with Crippen LogP contribution < -0.4 is 10.1 Å². The first-order chi connectivity index (χ1) is 7.79. The van der Waals surface area contributed by atoms with Crippen LogP contribution in [0.5, 0.6) is 5.75 Å². The van der Waals surface area contributed by atoms with E-state index in [2.05, 4.69) is 46.4 Å². The highest BCUT2D eigenvalue weighted by Crippen LogP contribution is 2.27. The average molecular weight is 284 g/mol. The van der Waals surface area contributed by atoms with Gasteiger partial charge in [0.1, 0.15) is 11.9 Å². The van der Waals surface area contributed by atoms with Crippen molar-refractivity contribution >= 4 is 15.9 Å². The van der Waals surface area contributed by atoms with Gasteiger partial charge in [-0.2, -0.15) is 0 Å². The van der Waals surface area contributed by atoms with Crippen molar-refractivity contribution in [1.82, 2.24) is 5.32 Å². The van der Waals surface area contributed by atoms with Crippen molar-refractivity contribution in [1.29, 1.82) is 0 Å². The summed E-state index contributed by atoms with van der Waals surface area (Å²) >= 11 is 3.46. The maximum atomic E-state index is 5.86. The van der Waals surface area contributed by atoms with E-state index in [9.17, 15) is 0 Å². The van der Waals surface area contributed by atoms with Crippen LogP contribution in [-0.2, 0) is 6.42 Å². The Labute approximate surface area is 106 Å². The minimum Gasteiger partial charge on any atom is -0.488 e. The molecule has 2 atom stereocenters. The average Bonchev–Trinajstić information content (AvgIpc) is 2.69. The molecule has 0 radical (unpaired) electrons. The van der Waals surface area contributed by atoms with E-state index in [4.69, 9.17) is 4.74 Å². The molecular formula is C13H18BrNO. The number of para-hydroxylation sites is 1. The number of benzene rings is 1. The Kier molecular flexibility index (Phi) is 4.24. The molecule has 3 heteroatoms. The molecule has 0 saturated carbocycles. The molecule has 2 rings (SSSR count). The van der Waals surface area contributed by atoms with Crippen LogP contribution in [-0.4, -0.2) is 24.0 Å². The molecule has 16 heavy (non-hydrogen) atoms. The van der Waals surface area contributed by atoms with Crippen molar-refractivity contribution in [3.8, 4) is 5.75 Å². The number of fused-ring (bicyclic) bond motifs is 1. The van der Waals surface area contributed by atoms with Crippen molar-refractivity contribution in [3.63, 3.8) is 0 Å². The predicted octanol–water partition coefficient (Wildman–Crippen LogP) is 2.75. The summed E-state index contributed by atoms with van der Waals surface area (Å²) in [7, 11) is 0. The largest absolute Gasteiger partial charge is 0.488 e. The summed E-state index contributed by atoms with van der Waals surface area (Å²) < 4.78 is 5.86. The van der Waals surface area contributed by atoms with E-state index < -0.39 is 0 Å². The second kappa shape index (κ2) is 5.69. The van der Waals surface area contributed by atoms with Gasteiger partial charge in [-0.25, -0.2) is 0 Å². The number of ether oxygens (including phenoxy) is 1. The molecule has 88 valence electrons. The number of halogens is 1. The smallest absolute Gasteiger partial charge is 0.123 e. The van der Waals surface area contributed by atoms with E-state index in [1.54, 1.807) is 0 Å². The Bertz CT molecular complexity index is 317. The van der Waals surface area contributed by atoms with Crippen LogP contribution in [0.4, 0.5) is 0 Å². The lowest BCUT2D eigenvalue weighted by Crippen LogP contribution is -2.36. The first kappa shape index (κ1) is 11.9. The topological polar surface area (TPSA) is 21.3 Å². The van der Waals surface area contributed by atoms with Crippen molar-refractivity contribution in [2.75, 3.05) is 11.9 Å². The van der Waals surface area contributed by atoms with Gasteiger partial charge in [-0.1, -0.05) is 34.1 Å². The Hall–Kier alpha value is -0.540. The van der Waals surface area contributed by atoms with Crippen LogP contribution in [0.25, 0.3) is 0 Å². The van der Waals surface area contributed by atoms with Crippen LogP contribution >= 0.6 is 15.9 Å². The minimum absolute atomic E-state index is 0.301. The van der Waals surface area contributed by atoms with Gasteiger partial charge in [0.2, 0.25) is 0 Å². The summed E-state index contributed by atoms with van der Waals surface area (Å²) in [5.41, 5.74) is 1.34. The van der Waals surface area contributed by atoms with Crippen LogP contribution in [0.2, 0.25) is 0 Å². The highest BCUT2D eigenvalue weighted by atomic mass is 79.9. The van der Waals surface area contributed by atoms with Crippen LogP contribution in [0, 0.1) is 0 Å². The standard InChI is InChI=1S/C13H18BrNO/c1-10(6-7-14)15-9-12-8-11-4-2-3-5-13(11)16-12/h2-5,10,12,15H,6-9H2,1H3. The number of hydrogen-bond donors (Lipinski definition) is 1. The highest BCUT2D eigenvalue weighted by molar-refractivity contribution is 9.09. The molecule has 1 heterocycles. The Balaban J connectivity index is 1.79. The third-order valence-corrected chi connectivity index (χ3v) is 3.41. The first-order valence-electron chi connectivity index (χ1n) is 5.83. The van der Waals surface area contributed by atoms with Gasteiger partial charge in [-0.15, -0.1) is 0 Å². The molecule has 0 amide bonds. The zero-order chi connectivity index (χ0) is 11.4. The molecule has 0 saturated heterocycles. The summed E-state index contributed by atoms with van der Waals surface area (Å²) in [5, 5.41) is 4.55. The van der Waals surface area contributed by atoms with Gasteiger partial charge in [0.05, 0.1) is 0 Å². The summed E-state index contributed by atoms with van der Waals surface area (Å²) in [6.07, 6.45) is 2.49. The normalized spacial score (nSPS) is 20.2. The van der Waals surface area contributed by atoms with Gasteiger partial charge in [0.25, 0.3) is 0 Å². The van der Waals surface area contributed by atoms with Gasteiger partial charge in [0.15, 0.2) is 0 Å². The van der Waals surface area contributed by atoms with Crippen LogP contribution in [0.1, 0.15) is 18.9 Å². The van der Waals surface area contributed by atoms with E-state index in [1.165, 1.54) is 5.56 Å². The molecule has 0 aromatic heterocycles. The fourth-order valence-electron chi connectivity index (χ4n) is 1.97. The lowest BCUT2D eigenvalue weighted by molar-refractivity contribution is 0.222. The molecule has 0 spiro atoms. The number of nitrogens with one attached hydrogen (secondary N) is 1. The lowest BCUT2D eigenvalue weighted by Gasteiger charge is -2.16. The summed E-state index contributed by atoms with van der Waals surface area (Å²) in [6.45, 7) is 3.15. The first-order valence-corrected chi connectivity index (χ1v) is 6.95. The third kappa shape index (κ3) is 2.98. The SMILES string of the molecule is CC(CCBr)NCC1Cc2ccccc2O1. The molecule has 1 aromatic carbocycles. The highest BCUT2D eigenvalue weighted by Gasteiger charge is 2.22. The fraction of sp³-hybridized carbons (Fsp3) is 0.538. The molecule has 1 aromatic rings. The summed E-state index contributed by atoms with van der Waals surface area (Å²) in [4.78, 5) is 0. The quantitative estimate of drug-likeness (QED) is 0.839. The minimum atomic E-state index is 0.301. The van der Waals surface area contributed by atoms with Crippen molar-refractivity contribution in [2.24, 2.45) is 0 Å². The molecule has 1 aliphatic heterocycles. The van der Waals surface area contributed by atoms with Gasteiger partial charge in [0, 0.05) is 24.3 Å². The molecule has 0 aliphatic carbocycles. The third-order valence-electron chi connectivity index (χ3n) is 2.95. The summed E-state index contributed by atoms with van der Waals surface area (Å²) in [5.74, 6) is 1.06. The zero-order valence-corrected chi connectivity index (χ0v) is 11.2. The maximum Gasteiger partial charge on any atom is 0.123 e. The Morgan fingerprint density at radius 1 is 1.50 bits per heavy atom. The molecule has 0 fully saturated rings. The number of alkyl halides is 1.